The minimum absolute atomic E-state index is 0.0620. The normalized spacial score (nSPS) is 21.5. The molecule has 278 valence electrons. The summed E-state index contributed by atoms with van der Waals surface area (Å²) in [6.45, 7) is 0. The summed E-state index contributed by atoms with van der Waals surface area (Å²) in [5.74, 6) is -0.0501. The lowest BCUT2D eigenvalue weighted by Crippen LogP contribution is -2.53. The number of para-hydroxylation sites is 1. The Morgan fingerprint density at radius 2 is 1.07 bits per heavy atom. The Morgan fingerprint density at radius 1 is 0.508 bits per heavy atom. The molecular weight excluding hydrogens is 747 g/mol. The summed E-state index contributed by atoms with van der Waals surface area (Å²) < 4.78 is 8.55. The number of aromatic nitrogens is 1. The Bertz CT molecular complexity index is 4110. The highest BCUT2D eigenvalue weighted by atomic mass is 16.4. The van der Waals surface area contributed by atoms with E-state index >= 15 is 0 Å². The topological polar surface area (TPSA) is 82.2 Å². The van der Waals surface area contributed by atoms with Crippen LogP contribution in [0.5, 0.6) is 0 Å². The summed E-state index contributed by atoms with van der Waals surface area (Å²) in [7, 11) is 0. The number of nitriles is 2. The van der Waals surface area contributed by atoms with E-state index in [2.05, 4.69) is 138 Å². The van der Waals surface area contributed by atoms with Gasteiger partial charge in [-0.2, -0.15) is 10.5 Å². The predicted molar refractivity (Wildman–Crippen MR) is 236 cm³/mol. The van der Waals surface area contributed by atoms with Gasteiger partial charge in [0.05, 0.1) is 45.2 Å². The SMILES string of the molecule is N#Cc1cc2c(c3c1C1c4ccccc4C3c3ccccc31)c1c3c(=O)oc4ccccc4c3cc3c4c5c(c(C#N)cc4n2c31)C1c2ccccc2C2c3ccccc3C521. The fourth-order valence-corrected chi connectivity index (χ4v) is 14.1. The summed E-state index contributed by atoms with van der Waals surface area (Å²) >= 11 is 0. The number of benzene rings is 8. The van der Waals surface area contributed by atoms with E-state index in [1.54, 1.807) is 0 Å². The maximum Gasteiger partial charge on any atom is 0.344 e. The average molecular weight is 774 g/mol. The van der Waals surface area contributed by atoms with Gasteiger partial charge in [0.15, 0.2) is 0 Å². The van der Waals surface area contributed by atoms with Crippen molar-refractivity contribution in [2.45, 2.75) is 29.1 Å². The third-order valence-corrected chi connectivity index (χ3v) is 15.8. The first kappa shape index (κ1) is 31.0. The molecule has 0 fully saturated rings. The van der Waals surface area contributed by atoms with Crippen molar-refractivity contribution in [2.24, 2.45) is 0 Å². The molecule has 1 spiro atoms. The van der Waals surface area contributed by atoms with Crippen molar-refractivity contribution in [1.29, 1.82) is 10.5 Å². The molecule has 0 saturated carbocycles. The molecule has 11 aromatic rings. The van der Waals surface area contributed by atoms with E-state index in [1.165, 1.54) is 50.1 Å². The molecule has 2 bridgehead atoms. The zero-order valence-corrected chi connectivity index (χ0v) is 32.2. The van der Waals surface area contributed by atoms with Gasteiger partial charge in [-0.05, 0) is 91.0 Å². The summed E-state index contributed by atoms with van der Waals surface area (Å²) in [6, 6.07) is 54.7. The lowest BCUT2D eigenvalue weighted by molar-refractivity contribution is 0.336. The third-order valence-electron chi connectivity index (χ3n) is 15.8. The fourth-order valence-electron chi connectivity index (χ4n) is 14.1. The second-order valence-corrected chi connectivity index (χ2v) is 17.8. The van der Waals surface area contributed by atoms with Gasteiger partial charge in [0.1, 0.15) is 5.58 Å². The first-order chi connectivity index (χ1) is 30.1. The van der Waals surface area contributed by atoms with Crippen LogP contribution in [0.1, 0.15) is 102 Å². The minimum Gasteiger partial charge on any atom is -0.422 e. The van der Waals surface area contributed by atoms with Crippen LogP contribution in [0, 0.1) is 22.7 Å². The first-order valence-corrected chi connectivity index (χ1v) is 21.1. The van der Waals surface area contributed by atoms with Gasteiger partial charge in [-0.3, -0.25) is 0 Å². The van der Waals surface area contributed by atoms with Crippen molar-refractivity contribution in [3.8, 4) is 12.1 Å². The third kappa shape index (κ3) is 3.04. The van der Waals surface area contributed by atoms with Crippen molar-refractivity contribution < 1.29 is 4.42 Å². The molecule has 5 nitrogen and oxygen atoms in total. The fraction of sp³-hybridized carbons (Fsp3) is 0.0893. The highest BCUT2D eigenvalue weighted by Crippen LogP contribution is 2.79. The average Bonchev–Trinajstić information content (AvgIpc) is 3.87. The second kappa shape index (κ2) is 9.88. The number of hydrogen-bond donors (Lipinski definition) is 0. The molecule has 6 aliphatic rings. The van der Waals surface area contributed by atoms with E-state index in [-0.39, 0.29) is 34.7 Å². The van der Waals surface area contributed by atoms with Crippen LogP contribution in [0.3, 0.4) is 0 Å². The Balaban J connectivity index is 1.17. The molecule has 0 radical (unpaired) electrons. The van der Waals surface area contributed by atoms with Crippen molar-refractivity contribution in [3.05, 3.63) is 228 Å². The lowest BCUT2D eigenvalue weighted by atomic mass is 9.42. The minimum atomic E-state index is -0.376. The van der Waals surface area contributed by atoms with E-state index in [9.17, 15) is 15.3 Å². The zero-order valence-electron chi connectivity index (χ0n) is 32.2. The number of hydrogen-bond acceptors (Lipinski definition) is 4. The predicted octanol–water partition coefficient (Wildman–Crippen LogP) is 11.7. The zero-order chi connectivity index (χ0) is 39.8. The van der Waals surface area contributed by atoms with Crippen molar-refractivity contribution in [1.82, 2.24) is 4.40 Å². The molecule has 61 heavy (non-hydrogen) atoms. The van der Waals surface area contributed by atoms with Crippen LogP contribution in [-0.4, -0.2) is 4.40 Å². The number of fused-ring (bicyclic) bond motifs is 18. The molecule has 0 saturated heterocycles. The molecular formula is C56H27N3O2. The number of nitrogens with zero attached hydrogens (tertiary/aromatic N) is 3. The van der Waals surface area contributed by atoms with Gasteiger partial charge >= 0.3 is 5.63 Å². The summed E-state index contributed by atoms with van der Waals surface area (Å²) in [4.78, 5) is 14.8. The second-order valence-electron chi connectivity index (χ2n) is 17.8. The van der Waals surface area contributed by atoms with Crippen LogP contribution in [0.25, 0.3) is 59.8 Å². The Kier molecular flexibility index (Phi) is 5.02. The van der Waals surface area contributed by atoms with Gasteiger partial charge in [0.25, 0.3) is 0 Å². The van der Waals surface area contributed by atoms with E-state index < -0.39 is 0 Å². The van der Waals surface area contributed by atoms with Crippen LogP contribution in [-0.2, 0) is 5.41 Å². The molecule has 3 unspecified atom stereocenters. The van der Waals surface area contributed by atoms with E-state index in [4.69, 9.17) is 4.42 Å². The van der Waals surface area contributed by atoms with Crippen LogP contribution in [0.2, 0.25) is 0 Å². The molecule has 5 heteroatoms. The van der Waals surface area contributed by atoms with Gasteiger partial charge in [-0.25, -0.2) is 4.79 Å². The molecule has 0 amide bonds. The molecule has 3 heterocycles. The van der Waals surface area contributed by atoms with Crippen molar-refractivity contribution in [2.75, 3.05) is 0 Å². The molecule has 0 N–H and O–H groups in total. The molecule has 3 atom stereocenters. The largest absolute Gasteiger partial charge is 0.422 e. The highest BCUT2D eigenvalue weighted by molar-refractivity contribution is 6.35. The maximum atomic E-state index is 14.8. The molecule has 17 rings (SSSR count). The van der Waals surface area contributed by atoms with E-state index in [1.807, 2.05) is 18.2 Å². The van der Waals surface area contributed by atoms with Crippen LogP contribution in [0.4, 0.5) is 0 Å². The van der Waals surface area contributed by atoms with E-state index in [0.717, 1.165) is 65.6 Å². The highest BCUT2D eigenvalue weighted by Gasteiger charge is 2.70. The molecule has 8 aromatic carbocycles. The first-order valence-electron chi connectivity index (χ1n) is 21.1. The molecule has 0 aliphatic heterocycles. The maximum absolute atomic E-state index is 14.8. The van der Waals surface area contributed by atoms with Crippen molar-refractivity contribution >= 4 is 59.8 Å². The Morgan fingerprint density at radius 3 is 1.75 bits per heavy atom. The van der Waals surface area contributed by atoms with Crippen LogP contribution < -0.4 is 5.63 Å². The van der Waals surface area contributed by atoms with Gasteiger partial charge < -0.3 is 8.82 Å². The summed E-state index contributed by atoms with van der Waals surface area (Å²) in [6.07, 6.45) is 0. The van der Waals surface area contributed by atoms with Crippen LogP contribution >= 0.6 is 0 Å². The van der Waals surface area contributed by atoms with Gasteiger partial charge in [0, 0.05) is 61.4 Å². The standard InChI is InChI=1S/C56H27N3O2/c57-24-26-21-40-48(49-42(26)44-29-12-1-3-14-31(29)45(49)32-15-4-2-13-30(32)44)50-47-36(28-11-8-10-20-41(28)61-55(47)60)23-37-46-39(59(40)54(37)50)22-27(25-58)43-52-34-17-6-5-16-33(34)51-35-18-7-9-19-38(35)56(51,52)53(43)46/h1-23,44-45,51-52H. The quantitative estimate of drug-likeness (QED) is 0.113. The molecule has 6 aliphatic carbocycles. The summed E-state index contributed by atoms with van der Waals surface area (Å²) in [5.41, 5.74) is 18.7. The van der Waals surface area contributed by atoms with Gasteiger partial charge in [0.2, 0.25) is 0 Å². The smallest absolute Gasteiger partial charge is 0.344 e. The Hall–Kier alpha value is -7.99. The van der Waals surface area contributed by atoms with Gasteiger partial charge in [-0.15, -0.1) is 0 Å². The van der Waals surface area contributed by atoms with Crippen LogP contribution in [0.15, 0.2) is 149 Å². The Labute approximate surface area is 346 Å². The summed E-state index contributed by atoms with van der Waals surface area (Å²) in [5, 5.41) is 28.7. The van der Waals surface area contributed by atoms with Gasteiger partial charge in [-0.1, -0.05) is 115 Å². The lowest BCUT2D eigenvalue weighted by Gasteiger charge is -2.59. The van der Waals surface area contributed by atoms with Crippen molar-refractivity contribution in [3.63, 3.8) is 0 Å². The van der Waals surface area contributed by atoms with E-state index in [0.29, 0.717) is 22.1 Å². The number of rotatable bonds is 0. The molecule has 3 aromatic heterocycles. The monoisotopic (exact) mass is 773 g/mol.